The van der Waals surface area contributed by atoms with Gasteiger partial charge in [0.1, 0.15) is 0 Å². The van der Waals surface area contributed by atoms with Crippen molar-refractivity contribution >= 4 is 5.97 Å². The lowest BCUT2D eigenvalue weighted by molar-refractivity contribution is -0.153. The third-order valence-corrected chi connectivity index (χ3v) is 5.13. The van der Waals surface area contributed by atoms with E-state index in [9.17, 15) is 9.90 Å². The summed E-state index contributed by atoms with van der Waals surface area (Å²) in [7, 11) is 0. The first-order chi connectivity index (χ1) is 8.56. The van der Waals surface area contributed by atoms with Crippen molar-refractivity contribution in [2.24, 2.45) is 11.3 Å². The van der Waals surface area contributed by atoms with E-state index in [-0.39, 0.29) is 12.0 Å². The van der Waals surface area contributed by atoms with Crippen molar-refractivity contribution in [1.29, 1.82) is 0 Å². The molecule has 1 aliphatic carbocycles. The van der Waals surface area contributed by atoms with Crippen molar-refractivity contribution in [3.05, 3.63) is 0 Å². The van der Waals surface area contributed by atoms with E-state index >= 15 is 0 Å². The lowest BCUT2D eigenvalue weighted by atomic mass is 9.65. The molecule has 4 heteroatoms. The van der Waals surface area contributed by atoms with Crippen molar-refractivity contribution in [3.8, 4) is 0 Å². The minimum atomic E-state index is -0.662. The van der Waals surface area contributed by atoms with Gasteiger partial charge in [-0.15, -0.1) is 0 Å². The first-order valence-corrected chi connectivity index (χ1v) is 7.10. The zero-order chi connectivity index (χ0) is 12.9. The molecule has 6 unspecified atom stereocenters. The summed E-state index contributed by atoms with van der Waals surface area (Å²) in [5.41, 5.74) is -0.603. The molecule has 3 rings (SSSR count). The van der Waals surface area contributed by atoms with E-state index in [0.29, 0.717) is 18.3 Å². The second-order valence-electron chi connectivity index (χ2n) is 6.21. The number of hydrogen-bond donors (Lipinski definition) is 1. The van der Waals surface area contributed by atoms with E-state index < -0.39 is 11.4 Å². The summed E-state index contributed by atoms with van der Waals surface area (Å²) in [6, 6.07) is 0. The van der Waals surface area contributed by atoms with Crippen LogP contribution in [0.25, 0.3) is 0 Å². The Hall–Kier alpha value is -0.610. The molecule has 6 atom stereocenters. The third kappa shape index (κ3) is 1.95. The number of ether oxygens (including phenoxy) is 2. The second-order valence-corrected chi connectivity index (χ2v) is 6.21. The predicted molar refractivity (Wildman–Crippen MR) is 65.3 cm³/mol. The van der Waals surface area contributed by atoms with E-state index in [2.05, 4.69) is 6.92 Å². The van der Waals surface area contributed by atoms with E-state index in [1.54, 1.807) is 0 Å². The summed E-state index contributed by atoms with van der Waals surface area (Å²) in [5, 5.41) is 9.50. The number of fused-ring (bicyclic) bond motifs is 1. The van der Waals surface area contributed by atoms with Gasteiger partial charge in [-0.2, -0.15) is 0 Å². The monoisotopic (exact) mass is 254 g/mol. The van der Waals surface area contributed by atoms with Gasteiger partial charge in [-0.05, 0) is 39.0 Å². The Labute approximate surface area is 108 Å². The Morgan fingerprint density at radius 3 is 2.72 bits per heavy atom. The van der Waals surface area contributed by atoms with Crippen LogP contribution < -0.4 is 0 Å². The standard InChI is InChI=1S/C14H22O4/c1-3-9-10(17-9)5-4-8-12-11(18-12)6-7-14(8,2)13(15)16/h8-12H,3-7H2,1-2H3,(H,15,16). The molecular formula is C14H22O4. The predicted octanol–water partition coefficient (Wildman–Crippen LogP) is 2.21. The highest BCUT2D eigenvalue weighted by atomic mass is 16.6. The summed E-state index contributed by atoms with van der Waals surface area (Å²) in [4.78, 5) is 11.5. The fourth-order valence-corrected chi connectivity index (χ4v) is 3.62. The van der Waals surface area contributed by atoms with Gasteiger partial charge < -0.3 is 14.6 Å². The molecular weight excluding hydrogens is 232 g/mol. The molecule has 0 bridgehead atoms. The summed E-state index contributed by atoms with van der Waals surface area (Å²) in [6.45, 7) is 4.02. The highest BCUT2D eigenvalue weighted by Gasteiger charge is 2.59. The Morgan fingerprint density at radius 1 is 1.33 bits per heavy atom. The van der Waals surface area contributed by atoms with Crippen molar-refractivity contribution in [2.75, 3.05) is 0 Å². The van der Waals surface area contributed by atoms with E-state index in [1.807, 2.05) is 6.92 Å². The molecule has 0 spiro atoms. The third-order valence-electron chi connectivity index (χ3n) is 5.13. The van der Waals surface area contributed by atoms with Crippen LogP contribution >= 0.6 is 0 Å². The number of carboxylic acid groups (broad SMARTS) is 1. The fraction of sp³-hybridized carbons (Fsp3) is 0.929. The zero-order valence-electron chi connectivity index (χ0n) is 11.1. The Balaban J connectivity index is 1.62. The minimum Gasteiger partial charge on any atom is -0.481 e. The Morgan fingerprint density at radius 2 is 2.11 bits per heavy atom. The lowest BCUT2D eigenvalue weighted by Crippen LogP contribution is -2.42. The van der Waals surface area contributed by atoms with Crippen molar-refractivity contribution < 1.29 is 19.4 Å². The van der Waals surface area contributed by atoms with Gasteiger partial charge in [0.2, 0.25) is 0 Å². The Kier molecular flexibility index (Phi) is 2.90. The minimum absolute atomic E-state index is 0.162. The first kappa shape index (κ1) is 12.4. The summed E-state index contributed by atoms with van der Waals surface area (Å²) < 4.78 is 11.2. The van der Waals surface area contributed by atoms with Gasteiger partial charge in [0.15, 0.2) is 0 Å². The SMILES string of the molecule is CCC1OC1CCC1C2OC2CCC1(C)C(=O)O. The number of carbonyl (C=O) groups is 1. The van der Waals surface area contributed by atoms with Crippen LogP contribution in [0.3, 0.4) is 0 Å². The molecule has 3 aliphatic rings. The maximum Gasteiger partial charge on any atom is 0.309 e. The van der Waals surface area contributed by atoms with E-state index in [4.69, 9.17) is 9.47 Å². The summed E-state index contributed by atoms with van der Waals surface area (Å²) >= 11 is 0. The van der Waals surface area contributed by atoms with Crippen LogP contribution in [0, 0.1) is 11.3 Å². The second kappa shape index (κ2) is 4.20. The van der Waals surface area contributed by atoms with Gasteiger partial charge in [0.05, 0.1) is 29.8 Å². The van der Waals surface area contributed by atoms with Crippen molar-refractivity contribution in [3.63, 3.8) is 0 Å². The van der Waals surface area contributed by atoms with Crippen LogP contribution in [0.4, 0.5) is 0 Å². The maximum atomic E-state index is 11.5. The van der Waals surface area contributed by atoms with Gasteiger partial charge in [0, 0.05) is 5.92 Å². The highest BCUT2D eigenvalue weighted by molar-refractivity contribution is 5.75. The average molecular weight is 254 g/mol. The molecule has 18 heavy (non-hydrogen) atoms. The Bertz CT molecular complexity index is 356. The summed E-state index contributed by atoms with van der Waals surface area (Å²) in [6.07, 6.45) is 5.94. The fourth-order valence-electron chi connectivity index (χ4n) is 3.62. The van der Waals surface area contributed by atoms with E-state index in [0.717, 1.165) is 32.1 Å². The quantitative estimate of drug-likeness (QED) is 0.764. The molecule has 0 aromatic carbocycles. The van der Waals surface area contributed by atoms with Crippen molar-refractivity contribution in [2.45, 2.75) is 70.4 Å². The van der Waals surface area contributed by atoms with Gasteiger partial charge in [-0.3, -0.25) is 4.79 Å². The topological polar surface area (TPSA) is 62.4 Å². The smallest absolute Gasteiger partial charge is 0.309 e. The summed E-state index contributed by atoms with van der Waals surface area (Å²) in [5.74, 6) is -0.499. The number of rotatable bonds is 5. The van der Waals surface area contributed by atoms with E-state index in [1.165, 1.54) is 0 Å². The molecule has 2 heterocycles. The zero-order valence-corrected chi connectivity index (χ0v) is 11.1. The van der Waals surface area contributed by atoms with Crippen molar-refractivity contribution in [1.82, 2.24) is 0 Å². The molecule has 102 valence electrons. The molecule has 2 saturated heterocycles. The largest absolute Gasteiger partial charge is 0.481 e. The van der Waals surface area contributed by atoms with Gasteiger partial charge >= 0.3 is 5.97 Å². The lowest BCUT2D eigenvalue weighted by Gasteiger charge is -2.35. The average Bonchev–Trinajstić information content (AvgIpc) is 3.22. The molecule has 3 fully saturated rings. The molecule has 0 amide bonds. The number of epoxide rings is 2. The maximum absolute atomic E-state index is 11.5. The van der Waals surface area contributed by atoms with Crippen LogP contribution in [0.1, 0.15) is 46.0 Å². The van der Waals surface area contributed by atoms with Crippen LogP contribution in [0.2, 0.25) is 0 Å². The van der Waals surface area contributed by atoms with Gasteiger partial charge in [0.25, 0.3) is 0 Å². The molecule has 1 saturated carbocycles. The van der Waals surface area contributed by atoms with Gasteiger partial charge in [-0.1, -0.05) is 6.92 Å². The molecule has 1 N–H and O–H groups in total. The molecule has 0 radical (unpaired) electrons. The van der Waals surface area contributed by atoms with Gasteiger partial charge in [-0.25, -0.2) is 0 Å². The molecule has 2 aliphatic heterocycles. The normalized spacial score (nSPS) is 49.6. The van der Waals surface area contributed by atoms with Crippen LogP contribution in [0.15, 0.2) is 0 Å². The van der Waals surface area contributed by atoms with Crippen LogP contribution in [-0.2, 0) is 14.3 Å². The first-order valence-electron chi connectivity index (χ1n) is 7.10. The molecule has 0 aromatic rings. The molecule has 0 aromatic heterocycles. The van der Waals surface area contributed by atoms with Crippen LogP contribution in [-0.4, -0.2) is 35.5 Å². The van der Waals surface area contributed by atoms with Crippen LogP contribution in [0.5, 0.6) is 0 Å². The number of carboxylic acids is 1. The number of aliphatic carboxylic acids is 1. The number of hydrogen-bond acceptors (Lipinski definition) is 3. The molecule has 4 nitrogen and oxygen atoms in total. The highest BCUT2D eigenvalue weighted by Crippen LogP contribution is 2.53.